The van der Waals surface area contributed by atoms with Gasteiger partial charge in [0.2, 0.25) is 23.6 Å². The van der Waals surface area contributed by atoms with Crippen LogP contribution < -0.4 is 14.8 Å². The van der Waals surface area contributed by atoms with E-state index in [1.54, 1.807) is 6.07 Å². The molecule has 0 spiro atoms. The topological polar surface area (TPSA) is 86.2 Å². The largest absolute Gasteiger partial charge is 0.481 e. The molecule has 1 N–H and O–H groups in total. The zero-order chi connectivity index (χ0) is 17.8. The van der Waals surface area contributed by atoms with Crippen LogP contribution in [-0.4, -0.2) is 40.8 Å². The van der Waals surface area contributed by atoms with E-state index in [-0.39, 0.29) is 17.6 Å². The smallest absolute Gasteiger partial charge is 0.237 e. The zero-order valence-electron chi connectivity index (χ0n) is 13.3. The lowest BCUT2D eigenvalue weighted by Gasteiger charge is -2.07. The van der Waals surface area contributed by atoms with E-state index in [1.165, 1.54) is 43.4 Å². The number of carbonyl (C=O) groups excluding carboxylic acids is 1. The molecule has 3 aromatic rings. The molecule has 0 fully saturated rings. The van der Waals surface area contributed by atoms with E-state index in [4.69, 9.17) is 21.1 Å². The van der Waals surface area contributed by atoms with E-state index in [2.05, 4.69) is 20.3 Å². The summed E-state index contributed by atoms with van der Waals surface area (Å²) in [6.45, 7) is 0. The van der Waals surface area contributed by atoms with Crippen molar-refractivity contribution in [2.45, 2.75) is 4.34 Å². The molecule has 0 atom stereocenters. The molecule has 7 nitrogen and oxygen atoms in total. The maximum Gasteiger partial charge on any atom is 0.237 e. The Morgan fingerprint density at radius 2 is 1.92 bits per heavy atom. The monoisotopic (exact) mass is 396 g/mol. The quantitative estimate of drug-likeness (QED) is 0.638. The van der Waals surface area contributed by atoms with Gasteiger partial charge in [0, 0.05) is 5.02 Å². The maximum atomic E-state index is 12.1. The molecule has 0 aliphatic heterocycles. The van der Waals surface area contributed by atoms with Crippen LogP contribution in [0.25, 0.3) is 10.2 Å². The Hall–Kier alpha value is -2.10. The molecule has 10 heteroatoms. The molecule has 0 saturated carbocycles. The van der Waals surface area contributed by atoms with Gasteiger partial charge >= 0.3 is 0 Å². The molecule has 25 heavy (non-hydrogen) atoms. The molecule has 0 radical (unpaired) electrons. The fourth-order valence-corrected chi connectivity index (χ4v) is 3.91. The fraction of sp³-hybridized carbons (Fsp3) is 0.200. The van der Waals surface area contributed by atoms with E-state index in [0.717, 1.165) is 14.6 Å². The Balaban J connectivity index is 1.64. The lowest BCUT2D eigenvalue weighted by molar-refractivity contribution is -0.113. The molecule has 0 aliphatic rings. The van der Waals surface area contributed by atoms with E-state index >= 15 is 0 Å². The first-order chi connectivity index (χ1) is 12.1. The average molecular weight is 397 g/mol. The Morgan fingerprint density at radius 1 is 1.20 bits per heavy atom. The van der Waals surface area contributed by atoms with Crippen molar-refractivity contribution in [3.8, 4) is 11.8 Å². The van der Waals surface area contributed by atoms with Crippen molar-refractivity contribution in [3.05, 3.63) is 29.3 Å². The van der Waals surface area contributed by atoms with Gasteiger partial charge in [-0.3, -0.25) is 10.1 Å². The predicted octanol–water partition coefficient (Wildman–Crippen LogP) is 3.49. The van der Waals surface area contributed by atoms with Gasteiger partial charge in [0.1, 0.15) is 0 Å². The third-order valence-electron chi connectivity index (χ3n) is 3.01. The Labute approximate surface area is 156 Å². The van der Waals surface area contributed by atoms with Crippen molar-refractivity contribution in [1.29, 1.82) is 0 Å². The molecule has 1 amide bonds. The number of rotatable bonds is 6. The highest BCUT2D eigenvalue weighted by atomic mass is 35.5. The van der Waals surface area contributed by atoms with Gasteiger partial charge in [0.15, 0.2) is 4.34 Å². The normalized spacial score (nSPS) is 10.7. The summed E-state index contributed by atoms with van der Waals surface area (Å²) in [6.07, 6.45) is 0. The molecule has 2 heterocycles. The Morgan fingerprint density at radius 3 is 2.60 bits per heavy atom. The average Bonchev–Trinajstić information content (AvgIpc) is 3.01. The van der Waals surface area contributed by atoms with Gasteiger partial charge in [-0.2, -0.15) is 9.97 Å². The number of nitrogens with one attached hydrogen (secondary N) is 1. The van der Waals surface area contributed by atoms with Crippen LogP contribution in [0.5, 0.6) is 11.8 Å². The van der Waals surface area contributed by atoms with Crippen LogP contribution >= 0.6 is 34.7 Å². The Kier molecular flexibility index (Phi) is 5.57. The van der Waals surface area contributed by atoms with Crippen LogP contribution in [0.3, 0.4) is 0 Å². The second-order valence-corrected chi connectivity index (χ2v) is 7.39. The van der Waals surface area contributed by atoms with Crippen LogP contribution in [0.4, 0.5) is 5.95 Å². The van der Waals surface area contributed by atoms with E-state index in [9.17, 15) is 4.79 Å². The van der Waals surface area contributed by atoms with E-state index < -0.39 is 0 Å². The van der Waals surface area contributed by atoms with Crippen LogP contribution in [0.15, 0.2) is 28.6 Å². The number of thioether (sulfide) groups is 1. The van der Waals surface area contributed by atoms with Crippen molar-refractivity contribution in [2.75, 3.05) is 25.3 Å². The van der Waals surface area contributed by atoms with Gasteiger partial charge in [-0.1, -0.05) is 23.4 Å². The van der Waals surface area contributed by atoms with Crippen molar-refractivity contribution >= 4 is 56.8 Å². The van der Waals surface area contributed by atoms with Gasteiger partial charge in [0.25, 0.3) is 0 Å². The zero-order valence-corrected chi connectivity index (χ0v) is 15.7. The standard InChI is InChI=1S/C15H13ClN4O3S2/c1-22-12-6-13(23-2)20-14(19-12)18-11(21)7-24-15-17-9-5-8(16)3-4-10(9)25-15/h3-6H,7H2,1-2H3,(H,18,19,20,21). The van der Waals surface area contributed by atoms with E-state index in [0.29, 0.717) is 16.8 Å². The number of benzene rings is 1. The van der Waals surface area contributed by atoms with Crippen LogP contribution in [0.2, 0.25) is 5.02 Å². The summed E-state index contributed by atoms with van der Waals surface area (Å²) in [4.78, 5) is 24.7. The number of hydrogen-bond donors (Lipinski definition) is 1. The summed E-state index contributed by atoms with van der Waals surface area (Å²) in [7, 11) is 2.95. The van der Waals surface area contributed by atoms with Crippen LogP contribution in [0, 0.1) is 0 Å². The van der Waals surface area contributed by atoms with Gasteiger partial charge in [-0.05, 0) is 18.2 Å². The predicted molar refractivity (Wildman–Crippen MR) is 99.1 cm³/mol. The molecule has 2 aromatic heterocycles. The number of amides is 1. The summed E-state index contributed by atoms with van der Waals surface area (Å²) in [5, 5.41) is 3.25. The van der Waals surface area contributed by atoms with Gasteiger partial charge in [-0.15, -0.1) is 11.3 Å². The second kappa shape index (κ2) is 7.85. The molecular weight excluding hydrogens is 384 g/mol. The highest BCUT2D eigenvalue weighted by Gasteiger charge is 2.11. The first kappa shape index (κ1) is 17.7. The number of thiazole rings is 1. The summed E-state index contributed by atoms with van der Waals surface area (Å²) >= 11 is 8.80. The summed E-state index contributed by atoms with van der Waals surface area (Å²) in [6, 6.07) is 7.05. The molecule has 3 rings (SSSR count). The molecule has 130 valence electrons. The number of ether oxygens (including phenoxy) is 2. The highest BCUT2D eigenvalue weighted by Crippen LogP contribution is 2.31. The third kappa shape index (κ3) is 4.50. The van der Waals surface area contributed by atoms with Gasteiger partial charge < -0.3 is 9.47 Å². The van der Waals surface area contributed by atoms with Gasteiger partial charge in [0.05, 0.1) is 36.3 Å². The van der Waals surface area contributed by atoms with Gasteiger partial charge in [-0.25, -0.2) is 4.98 Å². The van der Waals surface area contributed by atoms with E-state index in [1.807, 2.05) is 12.1 Å². The number of hydrogen-bond acceptors (Lipinski definition) is 8. The molecule has 0 aliphatic carbocycles. The molecular formula is C15H13ClN4O3S2. The molecule has 0 unspecified atom stereocenters. The highest BCUT2D eigenvalue weighted by molar-refractivity contribution is 8.01. The second-order valence-electron chi connectivity index (χ2n) is 4.70. The number of methoxy groups -OCH3 is 2. The maximum absolute atomic E-state index is 12.1. The van der Waals surface area contributed by atoms with Crippen LogP contribution in [0.1, 0.15) is 0 Å². The SMILES string of the molecule is COc1cc(OC)nc(NC(=O)CSc2nc3cc(Cl)ccc3s2)n1. The van der Waals surface area contributed by atoms with Crippen molar-refractivity contribution < 1.29 is 14.3 Å². The first-order valence-electron chi connectivity index (χ1n) is 7.03. The summed E-state index contributed by atoms with van der Waals surface area (Å²) in [5.41, 5.74) is 0.821. The number of nitrogens with zero attached hydrogens (tertiary/aromatic N) is 3. The van der Waals surface area contributed by atoms with Crippen molar-refractivity contribution in [2.24, 2.45) is 0 Å². The summed E-state index contributed by atoms with van der Waals surface area (Å²) < 4.78 is 11.9. The number of halogens is 1. The molecule has 0 saturated heterocycles. The minimum atomic E-state index is -0.252. The minimum Gasteiger partial charge on any atom is -0.481 e. The number of aromatic nitrogens is 3. The molecule has 0 bridgehead atoms. The number of carbonyl (C=O) groups is 1. The van der Waals surface area contributed by atoms with Crippen LogP contribution in [-0.2, 0) is 4.79 Å². The summed E-state index contributed by atoms with van der Waals surface area (Å²) in [5.74, 6) is 0.655. The van der Waals surface area contributed by atoms with Crippen molar-refractivity contribution in [3.63, 3.8) is 0 Å². The molecule has 1 aromatic carbocycles. The lowest BCUT2D eigenvalue weighted by Crippen LogP contribution is -2.16. The minimum absolute atomic E-state index is 0.123. The lowest BCUT2D eigenvalue weighted by atomic mass is 10.3. The fourth-order valence-electron chi connectivity index (χ4n) is 1.90. The first-order valence-corrected chi connectivity index (χ1v) is 9.21. The number of anilines is 1. The van der Waals surface area contributed by atoms with Crippen molar-refractivity contribution in [1.82, 2.24) is 15.0 Å². The number of fused-ring (bicyclic) bond motifs is 1. The Bertz CT molecular complexity index is 897. The third-order valence-corrected chi connectivity index (χ3v) is 5.42.